The molecule has 1 aromatic carbocycles. The molecule has 2 N–H and O–H groups in total. The predicted octanol–water partition coefficient (Wildman–Crippen LogP) is 3.68. The molecular weight excluding hydrogens is 238 g/mol. The highest BCUT2D eigenvalue weighted by Gasteiger charge is 2.36. The average Bonchev–Trinajstić information content (AvgIpc) is 2.38. The molecule has 1 aromatic rings. The summed E-state index contributed by atoms with van der Waals surface area (Å²) in [5.41, 5.74) is 9.66. The standard InChI is InChI=1S/C16H23NS/c17-12-16(8-4-1-5-9-16)15-7-3-2-6-14(15)13-10-18-11-13/h2-3,6-7,13H,1,4-5,8-12,17H2. The summed E-state index contributed by atoms with van der Waals surface area (Å²) in [5, 5.41) is 0. The van der Waals surface area contributed by atoms with Crippen LogP contribution in [0.4, 0.5) is 0 Å². The molecule has 0 aromatic heterocycles. The van der Waals surface area contributed by atoms with Gasteiger partial charge in [0.25, 0.3) is 0 Å². The molecule has 0 radical (unpaired) electrons. The summed E-state index contributed by atoms with van der Waals surface area (Å²) in [6, 6.07) is 9.12. The van der Waals surface area contributed by atoms with Gasteiger partial charge in [-0.15, -0.1) is 0 Å². The van der Waals surface area contributed by atoms with E-state index >= 15 is 0 Å². The Bertz CT molecular complexity index is 405. The van der Waals surface area contributed by atoms with Crippen LogP contribution >= 0.6 is 11.8 Å². The van der Waals surface area contributed by atoms with Crippen LogP contribution < -0.4 is 5.73 Å². The summed E-state index contributed by atoms with van der Waals surface area (Å²) in [7, 11) is 0. The largest absolute Gasteiger partial charge is 0.330 e. The monoisotopic (exact) mass is 261 g/mol. The molecule has 2 fully saturated rings. The van der Waals surface area contributed by atoms with E-state index < -0.39 is 0 Å². The van der Waals surface area contributed by atoms with Crippen LogP contribution in [0.25, 0.3) is 0 Å². The van der Waals surface area contributed by atoms with Crippen molar-refractivity contribution in [2.75, 3.05) is 18.1 Å². The van der Waals surface area contributed by atoms with E-state index in [0.717, 1.165) is 12.5 Å². The van der Waals surface area contributed by atoms with Gasteiger partial charge in [0.2, 0.25) is 0 Å². The second kappa shape index (κ2) is 5.26. The fourth-order valence-electron chi connectivity index (χ4n) is 3.56. The highest BCUT2D eigenvalue weighted by atomic mass is 32.2. The number of hydrogen-bond acceptors (Lipinski definition) is 2. The van der Waals surface area contributed by atoms with Crippen LogP contribution in [0, 0.1) is 0 Å². The van der Waals surface area contributed by atoms with Crippen molar-refractivity contribution < 1.29 is 0 Å². The third-order valence-electron chi connectivity index (χ3n) is 4.81. The number of hydrogen-bond donors (Lipinski definition) is 1. The molecule has 1 heterocycles. The molecule has 1 nitrogen and oxygen atoms in total. The number of nitrogens with two attached hydrogens (primary N) is 1. The maximum atomic E-state index is 6.19. The number of thioether (sulfide) groups is 1. The first-order valence-electron chi connectivity index (χ1n) is 7.23. The van der Waals surface area contributed by atoms with E-state index in [4.69, 9.17) is 5.73 Å². The molecule has 1 aliphatic heterocycles. The Hall–Kier alpha value is -0.470. The van der Waals surface area contributed by atoms with E-state index in [1.165, 1.54) is 43.6 Å². The van der Waals surface area contributed by atoms with Crippen molar-refractivity contribution >= 4 is 11.8 Å². The average molecular weight is 261 g/mol. The second-order valence-electron chi connectivity index (χ2n) is 5.87. The van der Waals surface area contributed by atoms with E-state index in [-0.39, 0.29) is 5.41 Å². The van der Waals surface area contributed by atoms with Gasteiger partial charge in [-0.1, -0.05) is 43.5 Å². The lowest BCUT2D eigenvalue weighted by atomic mass is 9.67. The van der Waals surface area contributed by atoms with Gasteiger partial charge >= 0.3 is 0 Å². The minimum absolute atomic E-state index is 0.287. The summed E-state index contributed by atoms with van der Waals surface area (Å²) in [5.74, 6) is 3.39. The van der Waals surface area contributed by atoms with Gasteiger partial charge in [-0.2, -0.15) is 11.8 Å². The highest BCUT2D eigenvalue weighted by Crippen LogP contribution is 2.44. The van der Waals surface area contributed by atoms with Crippen molar-refractivity contribution in [3.8, 4) is 0 Å². The molecule has 1 aliphatic carbocycles. The Morgan fingerprint density at radius 2 is 1.83 bits per heavy atom. The number of benzene rings is 1. The maximum absolute atomic E-state index is 6.19. The molecule has 0 spiro atoms. The molecule has 2 aliphatic rings. The Morgan fingerprint density at radius 1 is 1.11 bits per heavy atom. The van der Waals surface area contributed by atoms with Crippen LogP contribution in [0.15, 0.2) is 24.3 Å². The summed E-state index contributed by atoms with van der Waals surface area (Å²) in [6.45, 7) is 0.823. The SMILES string of the molecule is NCC1(c2ccccc2C2CSC2)CCCCC1. The van der Waals surface area contributed by atoms with Crippen LogP contribution in [0.5, 0.6) is 0 Å². The first kappa shape index (κ1) is 12.6. The molecule has 1 saturated heterocycles. The maximum Gasteiger partial charge on any atom is 0.00784 e. The van der Waals surface area contributed by atoms with E-state index in [2.05, 4.69) is 36.0 Å². The first-order chi connectivity index (χ1) is 8.86. The molecule has 0 amide bonds. The third-order valence-corrected chi connectivity index (χ3v) is 6.09. The summed E-state index contributed by atoms with van der Waals surface area (Å²) in [4.78, 5) is 0. The zero-order valence-electron chi connectivity index (χ0n) is 11.0. The van der Waals surface area contributed by atoms with E-state index in [9.17, 15) is 0 Å². The summed E-state index contributed by atoms with van der Waals surface area (Å²) >= 11 is 2.07. The summed E-state index contributed by atoms with van der Waals surface area (Å²) < 4.78 is 0. The minimum atomic E-state index is 0.287. The fourth-order valence-corrected chi connectivity index (χ4v) is 4.39. The van der Waals surface area contributed by atoms with Crippen molar-refractivity contribution in [2.24, 2.45) is 5.73 Å². The molecule has 2 heteroatoms. The van der Waals surface area contributed by atoms with Crippen LogP contribution in [-0.2, 0) is 5.41 Å². The van der Waals surface area contributed by atoms with Crippen molar-refractivity contribution in [3.05, 3.63) is 35.4 Å². The van der Waals surface area contributed by atoms with Crippen molar-refractivity contribution in [1.82, 2.24) is 0 Å². The molecule has 1 saturated carbocycles. The lowest BCUT2D eigenvalue weighted by molar-refractivity contribution is 0.298. The highest BCUT2D eigenvalue weighted by molar-refractivity contribution is 8.00. The Labute approximate surface area is 115 Å². The zero-order chi connectivity index (χ0) is 12.4. The van der Waals surface area contributed by atoms with E-state index in [1.807, 2.05) is 0 Å². The van der Waals surface area contributed by atoms with Crippen LogP contribution in [-0.4, -0.2) is 18.1 Å². The van der Waals surface area contributed by atoms with E-state index in [1.54, 1.807) is 11.1 Å². The Balaban J connectivity index is 1.98. The van der Waals surface area contributed by atoms with Gasteiger partial charge in [0.05, 0.1) is 0 Å². The predicted molar refractivity (Wildman–Crippen MR) is 80.3 cm³/mol. The van der Waals surface area contributed by atoms with Gasteiger partial charge < -0.3 is 5.73 Å². The summed E-state index contributed by atoms with van der Waals surface area (Å²) in [6.07, 6.45) is 6.68. The molecule has 98 valence electrons. The fraction of sp³-hybridized carbons (Fsp3) is 0.625. The normalized spacial score (nSPS) is 23.6. The van der Waals surface area contributed by atoms with Gasteiger partial charge in [-0.3, -0.25) is 0 Å². The lowest BCUT2D eigenvalue weighted by Crippen LogP contribution is -2.38. The quantitative estimate of drug-likeness (QED) is 0.898. The Kier molecular flexibility index (Phi) is 3.67. The van der Waals surface area contributed by atoms with Crippen molar-refractivity contribution in [3.63, 3.8) is 0 Å². The van der Waals surface area contributed by atoms with Gasteiger partial charge in [0.15, 0.2) is 0 Å². The molecular formula is C16H23NS. The lowest BCUT2D eigenvalue weighted by Gasteiger charge is -2.40. The number of rotatable bonds is 3. The van der Waals surface area contributed by atoms with E-state index in [0.29, 0.717) is 0 Å². The topological polar surface area (TPSA) is 26.0 Å². The molecule has 0 unspecified atom stereocenters. The molecule has 0 atom stereocenters. The van der Waals surface area contributed by atoms with Gasteiger partial charge in [-0.25, -0.2) is 0 Å². The smallest absolute Gasteiger partial charge is 0.00784 e. The first-order valence-corrected chi connectivity index (χ1v) is 8.38. The molecule has 3 rings (SSSR count). The molecule has 0 bridgehead atoms. The van der Waals surface area contributed by atoms with Crippen LogP contribution in [0.2, 0.25) is 0 Å². The van der Waals surface area contributed by atoms with Crippen molar-refractivity contribution in [1.29, 1.82) is 0 Å². The third kappa shape index (κ3) is 2.10. The van der Waals surface area contributed by atoms with Crippen LogP contribution in [0.3, 0.4) is 0 Å². The molecule has 18 heavy (non-hydrogen) atoms. The van der Waals surface area contributed by atoms with Gasteiger partial charge in [-0.05, 0) is 24.0 Å². The second-order valence-corrected chi connectivity index (χ2v) is 6.94. The minimum Gasteiger partial charge on any atom is -0.330 e. The van der Waals surface area contributed by atoms with Gasteiger partial charge in [0, 0.05) is 29.4 Å². The van der Waals surface area contributed by atoms with Crippen molar-refractivity contribution in [2.45, 2.75) is 43.4 Å². The van der Waals surface area contributed by atoms with Gasteiger partial charge in [0.1, 0.15) is 0 Å². The zero-order valence-corrected chi connectivity index (χ0v) is 11.8. The van der Waals surface area contributed by atoms with Crippen LogP contribution in [0.1, 0.15) is 49.1 Å². The Morgan fingerprint density at radius 3 is 2.44 bits per heavy atom.